The number of rotatable bonds is 6. The maximum absolute atomic E-state index is 12.3. The minimum atomic E-state index is -3.20. The third-order valence-corrected chi connectivity index (χ3v) is 7.52. The van der Waals surface area contributed by atoms with Crippen molar-refractivity contribution in [3.05, 3.63) is 0 Å². The van der Waals surface area contributed by atoms with Crippen LogP contribution in [0.1, 0.15) is 44.9 Å². The normalized spacial score (nSPS) is 39.2. The van der Waals surface area contributed by atoms with Crippen LogP contribution in [0.15, 0.2) is 0 Å². The van der Waals surface area contributed by atoms with Crippen molar-refractivity contribution < 1.29 is 18.4 Å². The fourth-order valence-electron chi connectivity index (χ4n) is 5.40. The fourth-order valence-corrected chi connectivity index (χ4v) is 6.35. The van der Waals surface area contributed by atoms with Crippen molar-refractivity contribution in [1.82, 2.24) is 0 Å². The van der Waals surface area contributed by atoms with Gasteiger partial charge in [-0.25, -0.2) is 0 Å². The van der Waals surface area contributed by atoms with Gasteiger partial charge in [0, 0.05) is 20.6 Å². The van der Waals surface area contributed by atoms with Crippen molar-refractivity contribution >= 4 is 13.4 Å². The SMILES string of the molecule is COP(=O)(CC(=O)CC12CC3CC(CC(C3)C1)C2)OC. The zero-order chi connectivity index (χ0) is 14.4. The van der Waals surface area contributed by atoms with Gasteiger partial charge >= 0.3 is 7.60 Å². The van der Waals surface area contributed by atoms with Gasteiger partial charge in [0.2, 0.25) is 0 Å². The van der Waals surface area contributed by atoms with E-state index in [1.165, 1.54) is 52.7 Å². The van der Waals surface area contributed by atoms with Gasteiger partial charge in [0.1, 0.15) is 11.9 Å². The summed E-state index contributed by atoms with van der Waals surface area (Å²) in [5, 5.41) is 0. The van der Waals surface area contributed by atoms with Crippen molar-refractivity contribution in [3.8, 4) is 0 Å². The summed E-state index contributed by atoms with van der Waals surface area (Å²) in [5.74, 6) is 2.57. The average molecular weight is 300 g/mol. The molecule has 0 atom stereocenters. The van der Waals surface area contributed by atoms with Crippen molar-refractivity contribution in [2.75, 3.05) is 20.4 Å². The van der Waals surface area contributed by atoms with Crippen LogP contribution < -0.4 is 0 Å². The Morgan fingerprint density at radius 2 is 1.50 bits per heavy atom. The van der Waals surface area contributed by atoms with Gasteiger partial charge in [0.15, 0.2) is 0 Å². The molecule has 5 heteroatoms. The monoisotopic (exact) mass is 300 g/mol. The quantitative estimate of drug-likeness (QED) is 0.703. The predicted octanol–water partition coefficient (Wildman–Crippen LogP) is 3.65. The predicted molar refractivity (Wildman–Crippen MR) is 76.7 cm³/mol. The second-order valence-electron chi connectivity index (χ2n) is 7.27. The first-order chi connectivity index (χ1) is 9.46. The molecule has 4 fully saturated rings. The molecule has 4 aliphatic carbocycles. The highest BCUT2D eigenvalue weighted by atomic mass is 31.2. The van der Waals surface area contributed by atoms with Gasteiger partial charge in [-0.05, 0) is 61.7 Å². The summed E-state index contributed by atoms with van der Waals surface area (Å²) in [4.78, 5) is 12.3. The Hall–Kier alpha value is -0.180. The topological polar surface area (TPSA) is 52.6 Å². The van der Waals surface area contributed by atoms with Crippen LogP contribution in [0.3, 0.4) is 0 Å². The minimum Gasteiger partial charge on any atom is -0.312 e. The standard InChI is InChI=1S/C15H25O4P/c1-18-20(17,19-2)10-14(16)9-15-6-11-3-12(7-15)5-13(4-11)8-15/h11-13H,3-10H2,1-2H3. The number of Topliss-reactive ketones (excluding diaryl/α,β-unsaturated/α-hetero) is 1. The van der Waals surface area contributed by atoms with E-state index in [-0.39, 0.29) is 17.4 Å². The number of ketones is 1. The highest BCUT2D eigenvalue weighted by molar-refractivity contribution is 7.54. The molecule has 114 valence electrons. The average Bonchev–Trinajstić information content (AvgIpc) is 2.36. The zero-order valence-corrected chi connectivity index (χ0v) is 13.4. The number of hydrogen-bond donors (Lipinski definition) is 0. The molecular formula is C15H25O4P. The lowest BCUT2D eigenvalue weighted by atomic mass is 9.48. The molecule has 0 amide bonds. The van der Waals surface area contributed by atoms with Crippen LogP contribution in [-0.4, -0.2) is 26.2 Å². The molecule has 0 aromatic rings. The molecule has 4 nitrogen and oxygen atoms in total. The van der Waals surface area contributed by atoms with Crippen LogP contribution in [0, 0.1) is 23.2 Å². The van der Waals surface area contributed by atoms with Gasteiger partial charge in [-0.2, -0.15) is 0 Å². The second-order valence-corrected chi connectivity index (χ2v) is 9.54. The Morgan fingerprint density at radius 1 is 1.05 bits per heavy atom. The molecule has 0 radical (unpaired) electrons. The Bertz CT molecular complexity index is 402. The number of carbonyl (C=O) groups excluding carboxylic acids is 1. The Kier molecular flexibility index (Phi) is 3.85. The van der Waals surface area contributed by atoms with Gasteiger partial charge in [-0.15, -0.1) is 0 Å². The molecule has 0 spiro atoms. The lowest BCUT2D eigenvalue weighted by molar-refractivity contribution is -0.125. The highest BCUT2D eigenvalue weighted by Crippen LogP contribution is 2.61. The van der Waals surface area contributed by atoms with Gasteiger partial charge in [0.05, 0.1) is 0 Å². The number of carbonyl (C=O) groups is 1. The van der Waals surface area contributed by atoms with Gasteiger partial charge < -0.3 is 9.05 Å². The van der Waals surface area contributed by atoms with E-state index >= 15 is 0 Å². The maximum atomic E-state index is 12.3. The third kappa shape index (κ3) is 2.75. The van der Waals surface area contributed by atoms with Crippen molar-refractivity contribution in [2.24, 2.45) is 23.2 Å². The molecule has 0 aliphatic heterocycles. The fraction of sp³-hybridized carbons (Fsp3) is 0.933. The molecule has 4 rings (SSSR count). The summed E-state index contributed by atoms with van der Waals surface area (Å²) in [5.41, 5.74) is 0.206. The van der Waals surface area contributed by atoms with Crippen LogP contribution >= 0.6 is 7.60 Å². The second kappa shape index (κ2) is 5.23. The molecule has 0 saturated heterocycles. The molecule has 0 aromatic carbocycles. The molecule has 20 heavy (non-hydrogen) atoms. The summed E-state index contributed by atoms with van der Waals surface area (Å²) in [6, 6.07) is 0. The Balaban J connectivity index is 1.66. The van der Waals surface area contributed by atoms with Crippen LogP contribution in [0.25, 0.3) is 0 Å². The Labute approximate surface area is 121 Å². The molecule has 0 unspecified atom stereocenters. The largest absolute Gasteiger partial charge is 0.337 e. The summed E-state index contributed by atoms with van der Waals surface area (Å²) >= 11 is 0. The van der Waals surface area contributed by atoms with E-state index in [1.54, 1.807) is 0 Å². The molecule has 0 aromatic heterocycles. The summed E-state index contributed by atoms with van der Waals surface area (Å²) < 4.78 is 21.9. The van der Waals surface area contributed by atoms with Gasteiger partial charge in [0.25, 0.3) is 0 Å². The molecule has 4 bridgehead atoms. The van der Waals surface area contributed by atoms with E-state index in [9.17, 15) is 9.36 Å². The summed E-state index contributed by atoms with van der Waals surface area (Å²) in [6.45, 7) is 0. The van der Waals surface area contributed by atoms with Crippen LogP contribution in [-0.2, 0) is 18.4 Å². The summed E-state index contributed by atoms with van der Waals surface area (Å²) in [6.07, 6.45) is 8.25. The van der Waals surface area contributed by atoms with E-state index in [0.29, 0.717) is 6.42 Å². The third-order valence-electron chi connectivity index (χ3n) is 5.66. The first kappa shape index (κ1) is 14.7. The molecule has 0 heterocycles. The lowest BCUT2D eigenvalue weighted by Crippen LogP contribution is -2.47. The van der Waals surface area contributed by atoms with Gasteiger partial charge in [-0.3, -0.25) is 9.36 Å². The molecule has 4 aliphatic rings. The minimum absolute atomic E-state index is 0.0546. The van der Waals surface area contributed by atoms with E-state index in [0.717, 1.165) is 17.8 Å². The first-order valence-electron chi connectivity index (χ1n) is 7.68. The molecular weight excluding hydrogens is 275 g/mol. The van der Waals surface area contributed by atoms with Crippen molar-refractivity contribution in [1.29, 1.82) is 0 Å². The first-order valence-corrected chi connectivity index (χ1v) is 9.41. The molecule has 0 N–H and O–H groups in total. The molecule has 4 saturated carbocycles. The highest BCUT2D eigenvalue weighted by Gasteiger charge is 2.51. The van der Waals surface area contributed by atoms with Crippen molar-refractivity contribution in [2.45, 2.75) is 44.9 Å². The smallest absolute Gasteiger partial charge is 0.312 e. The van der Waals surface area contributed by atoms with Gasteiger partial charge in [-0.1, -0.05) is 0 Å². The maximum Gasteiger partial charge on any atom is 0.337 e. The van der Waals surface area contributed by atoms with Crippen LogP contribution in [0.2, 0.25) is 0 Å². The number of hydrogen-bond acceptors (Lipinski definition) is 4. The summed E-state index contributed by atoms with van der Waals surface area (Å²) in [7, 11) is -0.497. The van der Waals surface area contributed by atoms with E-state index in [2.05, 4.69) is 0 Å². The van der Waals surface area contributed by atoms with E-state index in [1.807, 2.05) is 0 Å². The van der Waals surface area contributed by atoms with E-state index < -0.39 is 7.60 Å². The van der Waals surface area contributed by atoms with Crippen molar-refractivity contribution in [3.63, 3.8) is 0 Å². The lowest BCUT2D eigenvalue weighted by Gasteiger charge is -2.56. The van der Waals surface area contributed by atoms with E-state index in [4.69, 9.17) is 9.05 Å². The van der Waals surface area contributed by atoms with Crippen LogP contribution in [0.4, 0.5) is 0 Å². The van der Waals surface area contributed by atoms with Crippen LogP contribution in [0.5, 0.6) is 0 Å². The Morgan fingerprint density at radius 3 is 1.90 bits per heavy atom. The zero-order valence-electron chi connectivity index (χ0n) is 12.5.